The minimum Gasteiger partial charge on any atom is -0.453 e. The van der Waals surface area contributed by atoms with Crippen molar-refractivity contribution in [2.75, 3.05) is 27.2 Å². The molecule has 1 amide bonds. The van der Waals surface area contributed by atoms with Gasteiger partial charge in [0.1, 0.15) is 0 Å². The molecule has 2 aromatic rings. The van der Waals surface area contributed by atoms with Crippen LogP contribution in [-0.2, 0) is 11.3 Å². The first-order valence-corrected chi connectivity index (χ1v) is 9.56. The second-order valence-electron chi connectivity index (χ2n) is 6.57. The molecule has 10 heteroatoms. The third kappa shape index (κ3) is 6.49. The lowest BCUT2D eigenvalue weighted by atomic mass is 10.1. The van der Waals surface area contributed by atoms with E-state index in [4.69, 9.17) is 16.3 Å². The van der Waals surface area contributed by atoms with Crippen LogP contribution in [0.4, 0.5) is 4.79 Å². The van der Waals surface area contributed by atoms with E-state index >= 15 is 0 Å². The van der Waals surface area contributed by atoms with Crippen molar-refractivity contribution >= 4 is 47.6 Å². The number of hydrogen-bond donors (Lipinski definition) is 2. The summed E-state index contributed by atoms with van der Waals surface area (Å²) in [5, 5.41) is 11.8. The molecule has 1 aromatic heterocycles. The first-order valence-electron chi connectivity index (χ1n) is 9.18. The zero-order valence-electron chi connectivity index (χ0n) is 16.5. The molecule has 1 saturated heterocycles. The number of aliphatic imine (C=N–C) groups is 1. The summed E-state index contributed by atoms with van der Waals surface area (Å²) in [6.07, 6.45) is 5.23. The highest BCUT2D eigenvalue weighted by atomic mass is 127. The van der Waals surface area contributed by atoms with Crippen molar-refractivity contribution in [3.8, 4) is 5.69 Å². The fraction of sp³-hybridized carbons (Fsp3) is 0.421. The maximum atomic E-state index is 11.6. The van der Waals surface area contributed by atoms with E-state index < -0.39 is 0 Å². The van der Waals surface area contributed by atoms with Gasteiger partial charge in [0.2, 0.25) is 0 Å². The van der Waals surface area contributed by atoms with Gasteiger partial charge in [-0.15, -0.1) is 24.0 Å². The van der Waals surface area contributed by atoms with E-state index in [0.717, 1.165) is 30.1 Å². The normalized spacial score (nSPS) is 14.9. The average Bonchev–Trinajstić information content (AvgIpc) is 3.20. The van der Waals surface area contributed by atoms with Crippen molar-refractivity contribution in [1.29, 1.82) is 0 Å². The van der Waals surface area contributed by atoms with Gasteiger partial charge in [-0.2, -0.15) is 5.10 Å². The smallest absolute Gasteiger partial charge is 0.409 e. The van der Waals surface area contributed by atoms with E-state index in [9.17, 15) is 4.79 Å². The van der Waals surface area contributed by atoms with Crippen molar-refractivity contribution in [2.45, 2.75) is 25.4 Å². The number of nitrogens with zero attached hydrogens (tertiary/aromatic N) is 4. The SMILES string of the molecule is CN=C(NCc1cnn(-c2ccc(Cl)cc2)c1)NC1CCN(C(=O)OC)CC1.I. The van der Waals surface area contributed by atoms with Crippen LogP contribution in [0.1, 0.15) is 18.4 Å². The van der Waals surface area contributed by atoms with Gasteiger partial charge < -0.3 is 20.3 Å². The molecule has 0 saturated carbocycles. The highest BCUT2D eigenvalue weighted by molar-refractivity contribution is 14.0. The second-order valence-corrected chi connectivity index (χ2v) is 7.01. The summed E-state index contributed by atoms with van der Waals surface area (Å²) in [5.41, 5.74) is 1.99. The van der Waals surface area contributed by atoms with Crippen LogP contribution < -0.4 is 10.6 Å². The molecule has 0 radical (unpaired) electrons. The molecule has 2 N–H and O–H groups in total. The molecule has 0 atom stereocenters. The zero-order valence-corrected chi connectivity index (χ0v) is 19.6. The van der Waals surface area contributed by atoms with Gasteiger partial charge in [-0.25, -0.2) is 9.48 Å². The number of ether oxygens (including phenoxy) is 1. The van der Waals surface area contributed by atoms with Crippen molar-refractivity contribution in [3.05, 3.63) is 47.2 Å². The Morgan fingerprint density at radius 2 is 2.00 bits per heavy atom. The summed E-state index contributed by atoms with van der Waals surface area (Å²) >= 11 is 5.93. The molecule has 1 fully saturated rings. The van der Waals surface area contributed by atoms with Crippen LogP contribution in [0, 0.1) is 0 Å². The van der Waals surface area contributed by atoms with Crippen molar-refractivity contribution in [2.24, 2.45) is 4.99 Å². The van der Waals surface area contributed by atoms with Crippen LogP contribution in [0.25, 0.3) is 5.69 Å². The fourth-order valence-electron chi connectivity index (χ4n) is 3.10. The predicted octanol–water partition coefficient (Wildman–Crippen LogP) is 3.04. The Morgan fingerprint density at radius 3 is 2.62 bits per heavy atom. The number of methoxy groups -OCH3 is 1. The van der Waals surface area contributed by atoms with Crippen molar-refractivity contribution < 1.29 is 9.53 Å². The molecule has 0 spiro atoms. The number of rotatable bonds is 4. The Morgan fingerprint density at radius 1 is 1.31 bits per heavy atom. The summed E-state index contributed by atoms with van der Waals surface area (Å²) in [6, 6.07) is 7.80. The largest absolute Gasteiger partial charge is 0.453 e. The Kier molecular flexibility index (Phi) is 9.02. The van der Waals surface area contributed by atoms with Crippen molar-refractivity contribution in [1.82, 2.24) is 25.3 Å². The number of hydrogen-bond acceptors (Lipinski definition) is 4. The number of piperidine rings is 1. The topological polar surface area (TPSA) is 83.8 Å². The number of benzene rings is 1. The minimum atomic E-state index is -0.265. The molecule has 8 nitrogen and oxygen atoms in total. The number of nitrogens with one attached hydrogen (secondary N) is 2. The molecule has 1 aliphatic rings. The van der Waals surface area contributed by atoms with Crippen LogP contribution in [0.3, 0.4) is 0 Å². The number of guanidine groups is 1. The molecule has 3 rings (SSSR count). The first-order chi connectivity index (χ1) is 13.6. The maximum absolute atomic E-state index is 11.6. The van der Waals surface area contributed by atoms with Crippen LogP contribution in [0.15, 0.2) is 41.7 Å². The highest BCUT2D eigenvalue weighted by Gasteiger charge is 2.23. The van der Waals surface area contributed by atoms with Crippen LogP contribution in [0.5, 0.6) is 0 Å². The predicted molar refractivity (Wildman–Crippen MR) is 124 cm³/mol. The van der Waals surface area contributed by atoms with Gasteiger partial charge in [0, 0.05) is 49.5 Å². The Hall–Kier alpha value is -2.01. The Bertz CT molecular complexity index is 818. The van der Waals surface area contributed by atoms with E-state index in [0.29, 0.717) is 24.7 Å². The van der Waals surface area contributed by atoms with E-state index in [1.165, 1.54) is 7.11 Å². The zero-order chi connectivity index (χ0) is 19.9. The third-order valence-electron chi connectivity index (χ3n) is 4.68. The number of carbonyl (C=O) groups excluding carboxylic acids is 1. The molecular formula is C19H26ClIN6O2. The minimum absolute atomic E-state index is 0. The van der Waals surface area contributed by atoms with E-state index in [1.807, 2.05) is 41.3 Å². The molecule has 1 aromatic carbocycles. The van der Waals surface area contributed by atoms with E-state index in [-0.39, 0.29) is 36.1 Å². The average molecular weight is 533 g/mol. The highest BCUT2D eigenvalue weighted by Crippen LogP contribution is 2.14. The fourth-order valence-corrected chi connectivity index (χ4v) is 3.22. The molecule has 29 heavy (non-hydrogen) atoms. The monoisotopic (exact) mass is 532 g/mol. The molecule has 0 aliphatic carbocycles. The summed E-state index contributed by atoms with van der Waals surface area (Å²) in [4.78, 5) is 17.6. The molecule has 158 valence electrons. The first kappa shape index (κ1) is 23.3. The summed E-state index contributed by atoms with van der Waals surface area (Å²) in [6.45, 7) is 1.96. The van der Waals surface area contributed by atoms with Gasteiger partial charge in [-0.3, -0.25) is 4.99 Å². The Balaban J connectivity index is 0.00000300. The second kappa shape index (κ2) is 11.2. The Labute approximate surface area is 192 Å². The van der Waals surface area contributed by atoms with Gasteiger partial charge in [-0.1, -0.05) is 11.6 Å². The number of likely N-dealkylation sites (tertiary alicyclic amines) is 1. The van der Waals surface area contributed by atoms with Crippen LogP contribution in [0.2, 0.25) is 5.02 Å². The number of carbonyl (C=O) groups is 1. The number of aromatic nitrogens is 2. The molecule has 0 bridgehead atoms. The van der Waals surface area contributed by atoms with Crippen LogP contribution in [-0.4, -0.2) is 60.0 Å². The lowest BCUT2D eigenvalue weighted by Gasteiger charge is -2.32. The molecule has 1 aliphatic heterocycles. The third-order valence-corrected chi connectivity index (χ3v) is 4.93. The summed E-state index contributed by atoms with van der Waals surface area (Å²) < 4.78 is 6.58. The van der Waals surface area contributed by atoms with Gasteiger partial charge >= 0.3 is 6.09 Å². The van der Waals surface area contributed by atoms with E-state index in [2.05, 4.69) is 20.7 Å². The van der Waals surface area contributed by atoms with Gasteiger partial charge in [0.15, 0.2) is 5.96 Å². The molecule has 2 heterocycles. The van der Waals surface area contributed by atoms with Crippen molar-refractivity contribution in [3.63, 3.8) is 0 Å². The molecular weight excluding hydrogens is 507 g/mol. The standard InChI is InChI=1S/C19H25ClN6O2.HI/c1-21-18(24-16-7-9-25(10-8-16)19(27)28-2)22-11-14-12-23-26(13-14)17-5-3-15(20)4-6-17;/h3-6,12-13,16H,7-11H2,1-2H3,(H2,21,22,24);1H. The number of halogens is 2. The summed E-state index contributed by atoms with van der Waals surface area (Å²) in [5.74, 6) is 0.732. The van der Waals surface area contributed by atoms with Gasteiger partial charge in [-0.05, 0) is 37.1 Å². The number of amides is 1. The lowest BCUT2D eigenvalue weighted by molar-refractivity contribution is 0.111. The van der Waals surface area contributed by atoms with Gasteiger partial charge in [0.05, 0.1) is 19.0 Å². The quantitative estimate of drug-likeness (QED) is 0.359. The maximum Gasteiger partial charge on any atom is 0.409 e. The lowest BCUT2D eigenvalue weighted by Crippen LogP contribution is -2.49. The van der Waals surface area contributed by atoms with Crippen LogP contribution >= 0.6 is 35.6 Å². The summed E-state index contributed by atoms with van der Waals surface area (Å²) in [7, 11) is 3.16. The van der Waals surface area contributed by atoms with Gasteiger partial charge in [0.25, 0.3) is 0 Å². The molecule has 0 unspecified atom stereocenters. The van der Waals surface area contributed by atoms with E-state index in [1.54, 1.807) is 11.9 Å².